The predicted molar refractivity (Wildman–Crippen MR) is 132 cm³/mol. The Kier molecular flexibility index (Phi) is 7.74. The smallest absolute Gasteiger partial charge is 0.253 e. The van der Waals surface area contributed by atoms with Gasteiger partial charge in [0.1, 0.15) is 12.1 Å². The lowest BCUT2D eigenvalue weighted by molar-refractivity contribution is -0.306. The van der Waals surface area contributed by atoms with E-state index in [1.807, 2.05) is 24.3 Å². The van der Waals surface area contributed by atoms with Crippen LogP contribution in [0, 0.1) is 0 Å². The molecular formula is C26H21N6O5-. The summed E-state index contributed by atoms with van der Waals surface area (Å²) in [4.78, 5) is 59.2. The molecule has 186 valence electrons. The number of carboxylic acids is 1. The largest absolute Gasteiger partial charge is 0.550 e. The monoisotopic (exact) mass is 497 g/mol. The first kappa shape index (κ1) is 24.9. The third-order valence-corrected chi connectivity index (χ3v) is 5.25. The minimum Gasteiger partial charge on any atom is -0.550 e. The number of hydrogen-bond acceptors (Lipinski definition) is 9. The normalized spacial score (nSPS) is 11.4. The number of aromatic nitrogens is 3. The standard InChI is InChI=1S/C26H22N6O5/c33-15-20(11-24(34)35)31-26(37)17-7-10-19(27-12-17)13-29-25(36)16-5-8-18(9-6-16)30-23-14-28-21-3-1-2-4-22(21)32-23/h1-10,12,14-15,20H,11,13H2,(H,29,36)(H,30,32)(H,31,37)(H,34,35)/p-1/t20-/m0/s1. The van der Waals surface area contributed by atoms with Crippen LogP contribution in [0.3, 0.4) is 0 Å². The molecule has 0 aliphatic rings. The van der Waals surface area contributed by atoms with Gasteiger partial charge in [0.25, 0.3) is 11.8 Å². The van der Waals surface area contributed by atoms with Crippen LogP contribution in [0.2, 0.25) is 0 Å². The number of aldehydes is 1. The van der Waals surface area contributed by atoms with Crippen LogP contribution in [0.1, 0.15) is 32.8 Å². The van der Waals surface area contributed by atoms with Crippen LogP contribution < -0.4 is 21.1 Å². The van der Waals surface area contributed by atoms with Crippen molar-refractivity contribution in [3.05, 3.63) is 89.9 Å². The maximum Gasteiger partial charge on any atom is 0.253 e. The first-order chi connectivity index (χ1) is 17.9. The summed E-state index contributed by atoms with van der Waals surface area (Å²) in [6.45, 7) is 0.120. The Balaban J connectivity index is 1.29. The Morgan fingerprint density at radius 3 is 2.27 bits per heavy atom. The lowest BCUT2D eigenvalue weighted by Gasteiger charge is -2.13. The van der Waals surface area contributed by atoms with Gasteiger partial charge in [-0.3, -0.25) is 19.6 Å². The number of carbonyl (C=O) groups excluding carboxylic acids is 4. The highest BCUT2D eigenvalue weighted by atomic mass is 16.4. The third-order valence-electron chi connectivity index (χ3n) is 5.25. The van der Waals surface area contributed by atoms with Crippen molar-refractivity contribution < 1.29 is 24.3 Å². The quantitative estimate of drug-likeness (QED) is 0.272. The molecule has 11 heteroatoms. The van der Waals surface area contributed by atoms with Gasteiger partial charge in [0.05, 0.1) is 41.1 Å². The summed E-state index contributed by atoms with van der Waals surface area (Å²) < 4.78 is 0. The molecule has 0 saturated heterocycles. The fourth-order valence-electron chi connectivity index (χ4n) is 3.37. The number of amides is 2. The minimum absolute atomic E-state index is 0.120. The van der Waals surface area contributed by atoms with Gasteiger partial charge < -0.3 is 30.6 Å². The molecule has 4 aromatic rings. The van der Waals surface area contributed by atoms with E-state index >= 15 is 0 Å². The summed E-state index contributed by atoms with van der Waals surface area (Å²) in [5.41, 5.74) is 3.39. The van der Waals surface area contributed by atoms with Gasteiger partial charge in [-0.2, -0.15) is 0 Å². The average molecular weight is 497 g/mol. The Morgan fingerprint density at radius 2 is 1.59 bits per heavy atom. The summed E-state index contributed by atoms with van der Waals surface area (Å²) in [5.74, 6) is -1.83. The summed E-state index contributed by atoms with van der Waals surface area (Å²) in [6.07, 6.45) is 2.61. The number of nitrogens with zero attached hydrogens (tertiary/aromatic N) is 3. The van der Waals surface area contributed by atoms with Crippen molar-refractivity contribution in [3.8, 4) is 0 Å². The number of nitrogens with one attached hydrogen (secondary N) is 3. The summed E-state index contributed by atoms with van der Waals surface area (Å²) in [6, 6.07) is 16.2. The zero-order chi connectivity index (χ0) is 26.2. The highest BCUT2D eigenvalue weighted by molar-refractivity contribution is 5.96. The van der Waals surface area contributed by atoms with Crippen molar-refractivity contribution in [1.82, 2.24) is 25.6 Å². The second-order valence-corrected chi connectivity index (χ2v) is 7.96. The molecule has 0 aliphatic heterocycles. The van der Waals surface area contributed by atoms with Crippen molar-refractivity contribution in [2.75, 3.05) is 5.32 Å². The van der Waals surface area contributed by atoms with Crippen LogP contribution >= 0.6 is 0 Å². The Hall–Kier alpha value is -5.19. The number of hydrogen-bond donors (Lipinski definition) is 3. The highest BCUT2D eigenvalue weighted by Gasteiger charge is 2.14. The fraction of sp³-hybridized carbons (Fsp3) is 0.115. The molecule has 0 radical (unpaired) electrons. The van der Waals surface area contributed by atoms with Gasteiger partial charge in [0.15, 0.2) is 0 Å². The molecule has 1 atom stereocenters. The molecular weight excluding hydrogens is 476 g/mol. The zero-order valence-corrected chi connectivity index (χ0v) is 19.4. The van der Waals surface area contributed by atoms with E-state index in [1.165, 1.54) is 12.3 Å². The summed E-state index contributed by atoms with van der Waals surface area (Å²) in [7, 11) is 0. The predicted octanol–water partition coefficient (Wildman–Crippen LogP) is 1.14. The number of fused-ring (bicyclic) bond motifs is 1. The van der Waals surface area contributed by atoms with Crippen LogP contribution in [-0.4, -0.2) is 45.1 Å². The number of rotatable bonds is 10. The molecule has 0 bridgehead atoms. The van der Waals surface area contributed by atoms with Gasteiger partial charge in [-0.15, -0.1) is 0 Å². The molecule has 0 saturated carbocycles. The van der Waals surface area contributed by atoms with E-state index in [0.29, 0.717) is 23.4 Å². The molecule has 0 aliphatic carbocycles. The Labute approximate surface area is 211 Å². The first-order valence-corrected chi connectivity index (χ1v) is 11.2. The molecule has 0 unspecified atom stereocenters. The third kappa shape index (κ3) is 6.69. The second kappa shape index (κ2) is 11.5. The lowest BCUT2D eigenvalue weighted by atomic mass is 10.2. The molecule has 2 aromatic carbocycles. The van der Waals surface area contributed by atoms with Crippen LogP contribution in [0.25, 0.3) is 11.0 Å². The number of para-hydroxylation sites is 2. The van der Waals surface area contributed by atoms with Crippen molar-refractivity contribution >= 4 is 46.6 Å². The maximum atomic E-state index is 12.5. The van der Waals surface area contributed by atoms with Crippen LogP contribution in [0.4, 0.5) is 11.5 Å². The minimum atomic E-state index is -1.45. The molecule has 0 spiro atoms. The van der Waals surface area contributed by atoms with Gasteiger partial charge in [-0.25, -0.2) is 4.98 Å². The van der Waals surface area contributed by atoms with E-state index in [9.17, 15) is 24.3 Å². The number of benzene rings is 2. The molecule has 0 fully saturated rings. The number of pyridine rings is 1. The van der Waals surface area contributed by atoms with Gasteiger partial charge in [-0.05, 0) is 48.5 Å². The topological polar surface area (TPSA) is 166 Å². The maximum absolute atomic E-state index is 12.5. The van der Waals surface area contributed by atoms with E-state index in [1.54, 1.807) is 36.5 Å². The van der Waals surface area contributed by atoms with Crippen molar-refractivity contribution in [2.24, 2.45) is 0 Å². The molecule has 37 heavy (non-hydrogen) atoms. The van der Waals surface area contributed by atoms with Crippen LogP contribution in [0.5, 0.6) is 0 Å². The van der Waals surface area contributed by atoms with E-state index in [0.717, 1.165) is 16.7 Å². The number of aliphatic carboxylic acids is 1. The molecule has 2 heterocycles. The van der Waals surface area contributed by atoms with Gasteiger partial charge in [0.2, 0.25) is 0 Å². The average Bonchev–Trinajstić information content (AvgIpc) is 2.91. The lowest BCUT2D eigenvalue weighted by Crippen LogP contribution is -2.40. The van der Waals surface area contributed by atoms with E-state index in [-0.39, 0.29) is 18.0 Å². The van der Waals surface area contributed by atoms with Crippen molar-refractivity contribution in [3.63, 3.8) is 0 Å². The summed E-state index contributed by atoms with van der Waals surface area (Å²) in [5, 5.41) is 18.8. The molecule has 2 aromatic heterocycles. The molecule has 4 rings (SSSR count). The molecule has 3 N–H and O–H groups in total. The fourth-order valence-corrected chi connectivity index (χ4v) is 3.37. The van der Waals surface area contributed by atoms with Gasteiger partial charge >= 0.3 is 0 Å². The zero-order valence-electron chi connectivity index (χ0n) is 19.4. The summed E-state index contributed by atoms with van der Waals surface area (Å²) >= 11 is 0. The highest BCUT2D eigenvalue weighted by Crippen LogP contribution is 2.17. The molecule has 2 amide bonds. The first-order valence-electron chi connectivity index (χ1n) is 11.2. The van der Waals surface area contributed by atoms with E-state index in [4.69, 9.17) is 0 Å². The van der Waals surface area contributed by atoms with Crippen LogP contribution in [-0.2, 0) is 16.1 Å². The van der Waals surface area contributed by atoms with Crippen LogP contribution in [0.15, 0.2) is 73.1 Å². The van der Waals surface area contributed by atoms with E-state index < -0.39 is 24.3 Å². The van der Waals surface area contributed by atoms with Crippen molar-refractivity contribution in [2.45, 2.75) is 19.0 Å². The Morgan fingerprint density at radius 1 is 0.865 bits per heavy atom. The molecule has 11 nitrogen and oxygen atoms in total. The van der Waals surface area contributed by atoms with Crippen molar-refractivity contribution in [1.29, 1.82) is 0 Å². The number of carbonyl (C=O) groups is 4. The SMILES string of the molecule is O=C[C@H](CC(=O)[O-])NC(=O)c1ccc(CNC(=O)c2ccc(Nc3cnc4ccccc4n3)cc2)nc1. The second-order valence-electron chi connectivity index (χ2n) is 7.96. The van der Waals surface area contributed by atoms with Gasteiger partial charge in [-0.1, -0.05) is 12.1 Å². The van der Waals surface area contributed by atoms with E-state index in [2.05, 4.69) is 30.9 Å². The Bertz CT molecular complexity index is 1440. The number of anilines is 2. The van der Waals surface area contributed by atoms with Gasteiger partial charge in [0, 0.05) is 29.8 Å². The number of carboxylic acid groups (broad SMARTS) is 1.